The predicted molar refractivity (Wildman–Crippen MR) is 162 cm³/mol. The normalized spacial score (nSPS) is 34.8. The van der Waals surface area contributed by atoms with E-state index in [1.807, 2.05) is 32.2 Å². The van der Waals surface area contributed by atoms with E-state index < -0.39 is 43.1 Å². The second-order valence-electron chi connectivity index (χ2n) is 12.7. The third-order valence-electron chi connectivity index (χ3n) is 8.77. The van der Waals surface area contributed by atoms with Crippen LogP contribution in [-0.2, 0) is 30.2 Å². The van der Waals surface area contributed by atoms with Crippen LogP contribution in [0.1, 0.15) is 84.3 Å². The van der Waals surface area contributed by atoms with E-state index in [4.69, 9.17) is 15.2 Å². The van der Waals surface area contributed by atoms with Gasteiger partial charge in [0.25, 0.3) is 7.52 Å². The van der Waals surface area contributed by atoms with E-state index in [-0.39, 0.29) is 49.1 Å². The highest BCUT2D eigenvalue weighted by molar-refractivity contribution is 7.55. The van der Waals surface area contributed by atoms with Crippen LogP contribution in [0.3, 0.4) is 0 Å². The summed E-state index contributed by atoms with van der Waals surface area (Å²) < 4.78 is 24.0. The minimum Gasteiger partial charge on any atom is -0.458 e. The van der Waals surface area contributed by atoms with Gasteiger partial charge in [-0.3, -0.25) is 14.2 Å². The Morgan fingerprint density at radius 2 is 1.98 bits per heavy atom. The number of aliphatic hydroxyl groups excluding tert-OH is 2. The fourth-order valence-corrected chi connectivity index (χ4v) is 7.24. The number of carbonyl (C=O) groups is 2. The zero-order valence-corrected chi connectivity index (χ0v) is 27.2. The van der Waals surface area contributed by atoms with Crippen molar-refractivity contribution in [3.05, 3.63) is 21.7 Å². The molecule has 0 bridgehead atoms. The number of ketones is 1. The fourth-order valence-electron chi connectivity index (χ4n) is 5.54. The standard InChI is InChI=1S/C29H48N3O8PS/c1-17-8-7-9-29(6)23(40-29)13-21(39-25(34)14-22(33)28(4,5)27(36)19(3)26(17)35)18(2)12-20-16-42-24(32-20)15-31-41(37,38)11-10-30/h12,16-17,19,21-23,26,33,35H,7-11,13-15,30H2,1-6H3,(H2,31,37,38)/t17?,19?,21?,22?,23-,26-,29+/m0/s1. The van der Waals surface area contributed by atoms with Crippen molar-refractivity contribution < 1.29 is 38.7 Å². The molecule has 3 heterocycles. The molecule has 0 amide bonds. The van der Waals surface area contributed by atoms with Gasteiger partial charge in [0.15, 0.2) is 0 Å². The van der Waals surface area contributed by atoms with E-state index >= 15 is 0 Å². The van der Waals surface area contributed by atoms with E-state index in [0.29, 0.717) is 17.1 Å². The topological polar surface area (TPSA) is 185 Å². The third kappa shape index (κ3) is 9.01. The molecule has 238 valence electrons. The Morgan fingerprint density at radius 1 is 1.29 bits per heavy atom. The van der Waals surface area contributed by atoms with Crippen molar-refractivity contribution >= 4 is 36.7 Å². The number of hydrogen-bond acceptors (Lipinski definition) is 10. The first-order valence-electron chi connectivity index (χ1n) is 14.7. The molecular weight excluding hydrogens is 581 g/mol. The van der Waals surface area contributed by atoms with Crippen LogP contribution < -0.4 is 10.8 Å². The molecule has 5 unspecified atom stereocenters. The number of aromatic nitrogens is 1. The largest absolute Gasteiger partial charge is 0.458 e. The number of ether oxygens (including phenoxy) is 2. The Balaban J connectivity index is 1.80. The Morgan fingerprint density at radius 3 is 2.64 bits per heavy atom. The van der Waals surface area contributed by atoms with E-state index in [1.54, 1.807) is 20.8 Å². The van der Waals surface area contributed by atoms with Crippen LogP contribution >= 0.6 is 18.9 Å². The summed E-state index contributed by atoms with van der Waals surface area (Å²) in [7, 11) is -3.53. The SMILES string of the molecule is CC(=Cc1csc(CNP(=O)(O)CCN)n1)C1C[C@@H]2O[C@]2(C)CCCC(C)[C@H](O)C(C)C(=O)C(C)(C)C(O)CC(=O)O1. The number of Topliss-reactive ketones (excluding diaryl/α,β-unsaturated/α-hetero) is 1. The molecule has 2 saturated heterocycles. The van der Waals surface area contributed by atoms with Crippen LogP contribution in [0, 0.1) is 17.3 Å². The number of carbonyl (C=O) groups excluding carboxylic acids is 2. The zero-order valence-electron chi connectivity index (χ0n) is 25.5. The number of fused-ring (bicyclic) bond motifs is 1. The van der Waals surface area contributed by atoms with Crippen molar-refractivity contribution in [3.63, 3.8) is 0 Å². The maximum absolute atomic E-state index is 13.3. The first-order valence-corrected chi connectivity index (χ1v) is 17.4. The van der Waals surface area contributed by atoms with Crippen molar-refractivity contribution in [2.45, 2.75) is 110 Å². The average molecular weight is 630 g/mol. The number of hydrogen-bond donors (Lipinski definition) is 5. The first-order chi connectivity index (χ1) is 19.5. The summed E-state index contributed by atoms with van der Waals surface area (Å²) in [5, 5.41) is 26.9. The summed E-state index contributed by atoms with van der Waals surface area (Å²) in [6, 6.07) is 0. The number of nitrogens with zero attached hydrogens (tertiary/aromatic N) is 1. The lowest BCUT2D eigenvalue weighted by molar-refractivity contribution is -0.154. The second kappa shape index (κ2) is 14.1. The van der Waals surface area contributed by atoms with Gasteiger partial charge in [-0.2, -0.15) is 0 Å². The minimum absolute atomic E-state index is 0.0283. The number of nitrogens with two attached hydrogens (primary N) is 1. The van der Waals surface area contributed by atoms with Gasteiger partial charge in [-0.15, -0.1) is 11.3 Å². The number of esters is 1. The molecule has 0 spiro atoms. The van der Waals surface area contributed by atoms with Gasteiger partial charge in [0.05, 0.1) is 54.1 Å². The monoisotopic (exact) mass is 629 g/mol. The summed E-state index contributed by atoms with van der Waals surface area (Å²) in [5.74, 6) is -1.75. The highest BCUT2D eigenvalue weighted by atomic mass is 32.1. The molecular formula is C29H48N3O8PS. The number of cyclic esters (lactones) is 1. The van der Waals surface area contributed by atoms with Gasteiger partial charge in [0.1, 0.15) is 16.9 Å². The maximum atomic E-state index is 13.3. The molecule has 8 atom stereocenters. The number of epoxide rings is 1. The van der Waals surface area contributed by atoms with Gasteiger partial charge >= 0.3 is 5.97 Å². The summed E-state index contributed by atoms with van der Waals surface area (Å²) in [6.07, 6.45) is 1.20. The summed E-state index contributed by atoms with van der Waals surface area (Å²) in [4.78, 5) is 40.8. The molecule has 0 aliphatic carbocycles. The number of rotatable bonds is 7. The molecule has 0 aromatic carbocycles. The molecule has 6 N–H and O–H groups in total. The van der Waals surface area contributed by atoms with Gasteiger partial charge in [-0.1, -0.05) is 34.1 Å². The summed E-state index contributed by atoms with van der Waals surface area (Å²) >= 11 is 1.34. The lowest BCUT2D eigenvalue weighted by Gasteiger charge is -2.34. The van der Waals surface area contributed by atoms with E-state index in [2.05, 4.69) is 10.1 Å². The molecule has 1 aromatic heterocycles. The van der Waals surface area contributed by atoms with Crippen molar-refractivity contribution in [1.82, 2.24) is 10.1 Å². The van der Waals surface area contributed by atoms with Gasteiger partial charge in [-0.05, 0) is 44.3 Å². The van der Waals surface area contributed by atoms with Gasteiger partial charge in [0.2, 0.25) is 0 Å². The smallest absolute Gasteiger partial charge is 0.309 e. The van der Waals surface area contributed by atoms with Crippen molar-refractivity contribution in [3.8, 4) is 0 Å². The van der Waals surface area contributed by atoms with Crippen LogP contribution in [0.15, 0.2) is 11.0 Å². The molecule has 2 aliphatic rings. The summed E-state index contributed by atoms with van der Waals surface area (Å²) in [5.41, 5.74) is 5.11. The van der Waals surface area contributed by atoms with Gasteiger partial charge < -0.3 is 30.3 Å². The van der Waals surface area contributed by atoms with Crippen LogP contribution in [0.2, 0.25) is 0 Å². The molecule has 0 radical (unpaired) electrons. The van der Waals surface area contributed by atoms with Crippen LogP contribution in [-0.4, -0.2) is 74.6 Å². The number of nitrogens with one attached hydrogen (secondary N) is 1. The molecule has 2 fully saturated rings. The molecule has 13 heteroatoms. The Bertz CT molecular complexity index is 1190. The Hall–Kier alpha value is -1.50. The molecule has 1 aromatic rings. The molecule has 11 nitrogen and oxygen atoms in total. The lowest BCUT2D eigenvalue weighted by atomic mass is 9.73. The molecule has 0 saturated carbocycles. The third-order valence-corrected chi connectivity index (χ3v) is 11.2. The minimum atomic E-state index is -3.53. The highest BCUT2D eigenvalue weighted by Crippen LogP contribution is 2.45. The quantitative estimate of drug-likeness (QED) is 0.169. The Kier molecular flexibility index (Phi) is 11.7. The summed E-state index contributed by atoms with van der Waals surface area (Å²) in [6.45, 7) is 10.9. The molecule has 3 rings (SSSR count). The zero-order chi connectivity index (χ0) is 31.5. The molecule has 42 heavy (non-hydrogen) atoms. The van der Waals surface area contributed by atoms with E-state index in [1.165, 1.54) is 11.3 Å². The van der Waals surface area contributed by atoms with Crippen LogP contribution in [0.4, 0.5) is 0 Å². The van der Waals surface area contributed by atoms with Crippen molar-refractivity contribution in [2.24, 2.45) is 23.0 Å². The van der Waals surface area contributed by atoms with Gasteiger partial charge in [-0.25, -0.2) is 10.1 Å². The van der Waals surface area contributed by atoms with Crippen LogP contribution in [0.5, 0.6) is 0 Å². The van der Waals surface area contributed by atoms with Crippen LogP contribution in [0.25, 0.3) is 6.08 Å². The van der Waals surface area contributed by atoms with Crippen molar-refractivity contribution in [2.75, 3.05) is 12.7 Å². The Labute approximate surface area is 252 Å². The number of aliphatic hydroxyl groups is 2. The van der Waals surface area contributed by atoms with E-state index in [9.17, 15) is 29.3 Å². The maximum Gasteiger partial charge on any atom is 0.309 e. The first kappa shape index (κ1) is 35.0. The fraction of sp³-hybridized carbons (Fsp3) is 0.759. The second-order valence-corrected chi connectivity index (χ2v) is 15.8. The average Bonchev–Trinajstić information content (AvgIpc) is 3.31. The highest BCUT2D eigenvalue weighted by Gasteiger charge is 2.53. The van der Waals surface area contributed by atoms with Gasteiger partial charge in [0, 0.05) is 24.3 Å². The van der Waals surface area contributed by atoms with Crippen molar-refractivity contribution in [1.29, 1.82) is 0 Å². The predicted octanol–water partition coefficient (Wildman–Crippen LogP) is 3.40. The van der Waals surface area contributed by atoms with E-state index in [0.717, 1.165) is 24.8 Å². The molecule has 2 aliphatic heterocycles. The lowest BCUT2D eigenvalue weighted by Crippen LogP contribution is -2.45. The number of thiazole rings is 1.